The van der Waals surface area contributed by atoms with Crippen LogP contribution in [0.15, 0.2) is 18.2 Å². The van der Waals surface area contributed by atoms with Gasteiger partial charge in [0, 0.05) is 25.3 Å². The molecule has 2 aliphatic rings. The van der Waals surface area contributed by atoms with Crippen LogP contribution in [0.25, 0.3) is 0 Å². The van der Waals surface area contributed by atoms with E-state index in [0.29, 0.717) is 17.2 Å². The zero-order valence-corrected chi connectivity index (χ0v) is 10.2. The van der Waals surface area contributed by atoms with Crippen molar-refractivity contribution >= 4 is 17.5 Å². The minimum Gasteiger partial charge on any atom is -0.381 e. The summed E-state index contributed by atoms with van der Waals surface area (Å²) in [6, 6.07) is 5.76. The minimum absolute atomic E-state index is 0.218. The van der Waals surface area contributed by atoms with E-state index in [1.807, 2.05) is 6.07 Å². The van der Waals surface area contributed by atoms with Gasteiger partial charge in [-0.15, -0.1) is 0 Å². The second-order valence-electron chi connectivity index (χ2n) is 4.76. The molecular weight excluding hydrogens is 230 g/mol. The number of hydrogen-bond acceptors (Lipinski definition) is 4. The van der Waals surface area contributed by atoms with E-state index in [9.17, 15) is 9.59 Å². The molecule has 0 spiro atoms. The van der Waals surface area contributed by atoms with Gasteiger partial charge in [0.05, 0.1) is 11.1 Å². The summed E-state index contributed by atoms with van der Waals surface area (Å²) in [5, 5.41) is 6.65. The van der Waals surface area contributed by atoms with Gasteiger partial charge < -0.3 is 10.6 Å². The van der Waals surface area contributed by atoms with E-state index in [2.05, 4.69) is 10.6 Å². The average Bonchev–Trinajstić information content (AvgIpc) is 2.95. The molecule has 0 aromatic heterocycles. The molecule has 0 bridgehead atoms. The summed E-state index contributed by atoms with van der Waals surface area (Å²) in [6.07, 6.45) is 1.07. The summed E-state index contributed by atoms with van der Waals surface area (Å²) >= 11 is 0. The van der Waals surface area contributed by atoms with Gasteiger partial charge in [0.25, 0.3) is 11.8 Å². The van der Waals surface area contributed by atoms with Gasteiger partial charge in [-0.2, -0.15) is 0 Å². The molecule has 1 unspecified atom stereocenters. The lowest BCUT2D eigenvalue weighted by atomic mass is 10.1. The molecule has 18 heavy (non-hydrogen) atoms. The number of carbonyl (C=O) groups is 2. The molecule has 5 nitrogen and oxygen atoms in total. The summed E-state index contributed by atoms with van der Waals surface area (Å²) in [6.45, 7) is 1.95. The molecule has 2 N–H and O–H groups in total. The molecule has 2 heterocycles. The van der Waals surface area contributed by atoms with E-state index in [1.165, 1.54) is 7.05 Å². The minimum atomic E-state index is -0.219. The smallest absolute Gasteiger partial charge is 0.261 e. The third kappa shape index (κ3) is 1.67. The first kappa shape index (κ1) is 11.2. The summed E-state index contributed by atoms with van der Waals surface area (Å²) in [5.41, 5.74) is 1.90. The number of nitrogens with one attached hydrogen (secondary N) is 2. The van der Waals surface area contributed by atoms with Crippen LogP contribution < -0.4 is 10.6 Å². The fourth-order valence-electron chi connectivity index (χ4n) is 2.46. The average molecular weight is 245 g/mol. The first-order chi connectivity index (χ1) is 8.66. The van der Waals surface area contributed by atoms with Crippen LogP contribution in [0.2, 0.25) is 0 Å². The number of anilines is 1. The van der Waals surface area contributed by atoms with E-state index in [-0.39, 0.29) is 11.8 Å². The number of rotatable bonds is 2. The van der Waals surface area contributed by atoms with Crippen molar-refractivity contribution in [1.82, 2.24) is 10.2 Å². The van der Waals surface area contributed by atoms with Crippen molar-refractivity contribution in [3.05, 3.63) is 29.3 Å². The fraction of sp³-hybridized carbons (Fsp3) is 0.385. The van der Waals surface area contributed by atoms with Gasteiger partial charge in [0.2, 0.25) is 0 Å². The maximum absolute atomic E-state index is 11.9. The highest BCUT2D eigenvalue weighted by Gasteiger charge is 2.32. The van der Waals surface area contributed by atoms with Gasteiger partial charge in [-0.25, -0.2) is 0 Å². The van der Waals surface area contributed by atoms with Gasteiger partial charge in [-0.05, 0) is 31.2 Å². The lowest BCUT2D eigenvalue weighted by Gasteiger charge is -2.13. The Morgan fingerprint density at radius 3 is 2.78 bits per heavy atom. The Labute approximate surface area is 105 Å². The first-order valence-electron chi connectivity index (χ1n) is 6.10. The molecule has 1 fully saturated rings. The third-order valence-corrected chi connectivity index (χ3v) is 3.52. The molecule has 3 rings (SSSR count). The van der Waals surface area contributed by atoms with Crippen LogP contribution in [-0.4, -0.2) is 42.9 Å². The highest BCUT2D eigenvalue weighted by atomic mass is 16.2. The molecule has 94 valence electrons. The molecule has 1 aromatic rings. The quantitative estimate of drug-likeness (QED) is 0.752. The van der Waals surface area contributed by atoms with E-state index >= 15 is 0 Å². The Morgan fingerprint density at radius 1 is 1.28 bits per heavy atom. The van der Waals surface area contributed by atoms with Crippen molar-refractivity contribution in [2.75, 3.05) is 25.5 Å². The molecule has 1 aromatic carbocycles. The standard InChI is InChI=1S/C13H15N3O2/c1-16-12(17)10-3-2-8(6-11(10)13(16)18)15-9-4-5-14-7-9/h2-3,6,9,14-15H,4-5,7H2,1H3. The summed E-state index contributed by atoms with van der Waals surface area (Å²) < 4.78 is 0. The molecule has 0 aliphatic carbocycles. The van der Waals surface area contributed by atoms with Crippen molar-refractivity contribution < 1.29 is 9.59 Å². The van der Waals surface area contributed by atoms with Gasteiger partial charge in [-0.3, -0.25) is 14.5 Å². The number of carbonyl (C=O) groups excluding carboxylic acids is 2. The van der Waals surface area contributed by atoms with Crippen LogP contribution in [0, 0.1) is 0 Å². The molecule has 5 heteroatoms. The van der Waals surface area contributed by atoms with Crippen LogP contribution in [0.4, 0.5) is 5.69 Å². The molecule has 0 radical (unpaired) electrons. The van der Waals surface area contributed by atoms with Crippen molar-refractivity contribution in [1.29, 1.82) is 0 Å². The largest absolute Gasteiger partial charge is 0.381 e. The summed E-state index contributed by atoms with van der Waals surface area (Å²) in [7, 11) is 1.51. The van der Waals surface area contributed by atoms with Crippen molar-refractivity contribution in [2.24, 2.45) is 0 Å². The van der Waals surface area contributed by atoms with Gasteiger partial charge >= 0.3 is 0 Å². The Bertz CT molecular complexity index is 521. The maximum atomic E-state index is 11.9. The summed E-state index contributed by atoms with van der Waals surface area (Å²) in [4.78, 5) is 24.8. The van der Waals surface area contributed by atoms with Gasteiger partial charge in [-0.1, -0.05) is 0 Å². The van der Waals surface area contributed by atoms with E-state index in [1.54, 1.807) is 12.1 Å². The Hall–Kier alpha value is -1.88. The molecule has 1 atom stereocenters. The van der Waals surface area contributed by atoms with E-state index in [0.717, 1.165) is 30.1 Å². The van der Waals surface area contributed by atoms with Crippen LogP contribution in [-0.2, 0) is 0 Å². The Morgan fingerprint density at radius 2 is 2.06 bits per heavy atom. The van der Waals surface area contributed by atoms with Crippen LogP contribution >= 0.6 is 0 Å². The SMILES string of the molecule is CN1C(=O)c2ccc(NC3CCNC3)cc2C1=O. The third-order valence-electron chi connectivity index (χ3n) is 3.52. The zero-order valence-electron chi connectivity index (χ0n) is 10.2. The number of fused-ring (bicyclic) bond motifs is 1. The van der Waals surface area contributed by atoms with Crippen LogP contribution in [0.5, 0.6) is 0 Å². The van der Waals surface area contributed by atoms with E-state index < -0.39 is 0 Å². The van der Waals surface area contributed by atoms with Crippen molar-refractivity contribution in [3.8, 4) is 0 Å². The van der Waals surface area contributed by atoms with E-state index in [4.69, 9.17) is 0 Å². The highest BCUT2D eigenvalue weighted by Crippen LogP contribution is 2.25. The second kappa shape index (κ2) is 4.10. The maximum Gasteiger partial charge on any atom is 0.261 e. The normalized spacial score (nSPS) is 22.5. The molecular formula is C13H15N3O2. The molecule has 2 amide bonds. The van der Waals surface area contributed by atoms with Gasteiger partial charge in [0.15, 0.2) is 0 Å². The Kier molecular flexibility index (Phi) is 2.56. The number of amides is 2. The monoisotopic (exact) mass is 245 g/mol. The lowest BCUT2D eigenvalue weighted by Crippen LogP contribution is -2.24. The van der Waals surface area contributed by atoms with Crippen LogP contribution in [0.3, 0.4) is 0 Å². The zero-order chi connectivity index (χ0) is 12.7. The Balaban J connectivity index is 1.87. The van der Waals surface area contributed by atoms with Crippen molar-refractivity contribution in [2.45, 2.75) is 12.5 Å². The van der Waals surface area contributed by atoms with Gasteiger partial charge in [0.1, 0.15) is 0 Å². The fourth-order valence-corrected chi connectivity index (χ4v) is 2.46. The number of benzene rings is 1. The number of imide groups is 1. The second-order valence-corrected chi connectivity index (χ2v) is 4.76. The topological polar surface area (TPSA) is 61.4 Å². The predicted octanol–water partition coefficient (Wildman–Crippen LogP) is 0.686. The van der Waals surface area contributed by atoms with Crippen LogP contribution in [0.1, 0.15) is 27.1 Å². The highest BCUT2D eigenvalue weighted by molar-refractivity contribution is 6.21. The molecule has 2 aliphatic heterocycles. The predicted molar refractivity (Wildman–Crippen MR) is 67.8 cm³/mol. The molecule has 0 saturated carbocycles. The molecule has 1 saturated heterocycles. The summed E-state index contributed by atoms with van der Waals surface area (Å²) in [5.74, 6) is -0.438. The number of nitrogens with zero attached hydrogens (tertiary/aromatic N) is 1. The number of hydrogen-bond donors (Lipinski definition) is 2. The lowest BCUT2D eigenvalue weighted by molar-refractivity contribution is 0.0693. The van der Waals surface area contributed by atoms with Crippen molar-refractivity contribution in [3.63, 3.8) is 0 Å². The first-order valence-corrected chi connectivity index (χ1v) is 6.10.